The molecule has 0 aromatic carbocycles. The zero-order chi connectivity index (χ0) is 7.28. The van der Waals surface area contributed by atoms with Gasteiger partial charge in [-0.2, -0.15) is 5.48 Å². The molecule has 4 nitrogen and oxygen atoms in total. The van der Waals surface area contributed by atoms with Crippen LogP contribution in [0.2, 0.25) is 0 Å². The van der Waals surface area contributed by atoms with Gasteiger partial charge in [-0.15, -0.1) is 0 Å². The third kappa shape index (κ3) is 4.33. The third-order valence-electron chi connectivity index (χ3n) is 0.894. The number of hydrogen-bond acceptors (Lipinski definition) is 3. The maximum atomic E-state index is 10.1. The van der Waals surface area contributed by atoms with Gasteiger partial charge in [-0.05, 0) is 0 Å². The predicted molar refractivity (Wildman–Crippen MR) is 35.6 cm³/mol. The molecule has 0 aliphatic heterocycles. The topological polar surface area (TPSA) is 58.6 Å². The van der Waals surface area contributed by atoms with Crippen molar-refractivity contribution in [2.75, 3.05) is 6.54 Å². The first-order valence-corrected chi connectivity index (χ1v) is 2.97. The number of carboxylic acids is 1. The van der Waals surface area contributed by atoms with Crippen molar-refractivity contribution in [2.24, 2.45) is 5.92 Å². The number of hydroxylamine groups is 1. The highest BCUT2D eigenvalue weighted by Crippen LogP contribution is 1.91. The Morgan fingerprint density at radius 2 is 2.56 bits per heavy atom. The number of rotatable bonds is 4. The van der Waals surface area contributed by atoms with E-state index < -0.39 is 11.9 Å². The summed E-state index contributed by atoms with van der Waals surface area (Å²) in [6, 6.07) is 0. The maximum Gasteiger partial charge on any atom is 0.307 e. The monoisotopic (exact) mass is 151 g/mol. The molecule has 5 heteroatoms. The summed E-state index contributed by atoms with van der Waals surface area (Å²) in [4.78, 5) is 10.1. The summed E-state index contributed by atoms with van der Waals surface area (Å²) >= 11 is 0. The van der Waals surface area contributed by atoms with Crippen molar-refractivity contribution in [2.45, 2.75) is 6.92 Å². The van der Waals surface area contributed by atoms with E-state index in [9.17, 15) is 4.79 Å². The molecule has 0 aromatic heterocycles. The van der Waals surface area contributed by atoms with Crippen LogP contribution in [0, 0.1) is 5.92 Å². The summed E-state index contributed by atoms with van der Waals surface area (Å²) in [6.07, 6.45) is 0. The first kappa shape index (κ1) is 8.82. The molecule has 0 saturated heterocycles. The van der Waals surface area contributed by atoms with Crippen LogP contribution in [0.25, 0.3) is 0 Å². The molecule has 0 spiro atoms. The predicted octanol–water partition coefficient (Wildman–Crippen LogP) is 0.0184. The van der Waals surface area contributed by atoms with E-state index in [1.165, 1.54) is 0 Å². The van der Waals surface area contributed by atoms with Gasteiger partial charge in [0, 0.05) is 16.0 Å². The summed E-state index contributed by atoms with van der Waals surface area (Å²) in [7, 11) is 1.97. The second-order valence-electron chi connectivity index (χ2n) is 1.71. The molecule has 9 heavy (non-hydrogen) atoms. The lowest BCUT2D eigenvalue weighted by Gasteiger charge is -2.04. The number of hydrogen-bond donors (Lipinski definition) is 2. The van der Waals surface area contributed by atoms with Crippen LogP contribution >= 0.6 is 9.47 Å². The SMILES string of the molecule is C[C@H](CNOP)C(=O)O. The van der Waals surface area contributed by atoms with Crippen LogP contribution in [-0.4, -0.2) is 17.6 Å². The molecule has 0 fully saturated rings. The Morgan fingerprint density at radius 3 is 2.89 bits per heavy atom. The molecule has 2 N–H and O–H groups in total. The van der Waals surface area contributed by atoms with E-state index in [0.717, 1.165) is 0 Å². The second kappa shape index (κ2) is 4.68. The van der Waals surface area contributed by atoms with E-state index in [0.29, 0.717) is 6.54 Å². The number of nitrogens with one attached hydrogen (secondary N) is 1. The van der Waals surface area contributed by atoms with Crippen LogP contribution < -0.4 is 5.48 Å². The lowest BCUT2D eigenvalue weighted by Crippen LogP contribution is -2.23. The number of carboxylic acid groups (broad SMARTS) is 1. The smallest absolute Gasteiger partial charge is 0.307 e. The standard InChI is InChI=1S/C4H10NO3P/c1-3(4(6)7)2-5-8-9/h3,5H,2,9H2,1H3,(H,6,7)/t3-/m1/s1. The fourth-order valence-corrected chi connectivity index (χ4v) is 0.357. The molecule has 0 heterocycles. The van der Waals surface area contributed by atoms with Gasteiger partial charge in [-0.1, -0.05) is 6.92 Å². The van der Waals surface area contributed by atoms with Gasteiger partial charge in [-0.25, -0.2) is 0 Å². The molecular weight excluding hydrogens is 141 g/mol. The van der Waals surface area contributed by atoms with E-state index >= 15 is 0 Å². The molecule has 1 unspecified atom stereocenters. The van der Waals surface area contributed by atoms with E-state index in [4.69, 9.17) is 5.11 Å². The highest BCUT2D eigenvalue weighted by atomic mass is 31.0. The van der Waals surface area contributed by atoms with Gasteiger partial charge in [0.1, 0.15) is 0 Å². The summed E-state index contributed by atoms with van der Waals surface area (Å²) in [6.45, 7) is 1.91. The fraction of sp³-hybridized carbons (Fsp3) is 0.750. The van der Waals surface area contributed by atoms with Crippen LogP contribution in [0.3, 0.4) is 0 Å². The van der Waals surface area contributed by atoms with Crippen molar-refractivity contribution in [3.8, 4) is 0 Å². The summed E-state index contributed by atoms with van der Waals surface area (Å²) in [5.74, 6) is -1.24. The van der Waals surface area contributed by atoms with Gasteiger partial charge in [0.05, 0.1) is 5.92 Å². The largest absolute Gasteiger partial charge is 0.481 e. The first-order chi connectivity index (χ1) is 4.18. The van der Waals surface area contributed by atoms with E-state index in [-0.39, 0.29) is 0 Å². The molecular formula is C4H10NO3P. The normalized spacial score (nSPS) is 13.1. The molecule has 0 amide bonds. The third-order valence-corrected chi connectivity index (χ3v) is 1.06. The summed E-state index contributed by atoms with van der Waals surface area (Å²) < 4.78 is 4.37. The van der Waals surface area contributed by atoms with Crippen molar-refractivity contribution in [1.29, 1.82) is 0 Å². The minimum absolute atomic E-state index is 0.318. The minimum Gasteiger partial charge on any atom is -0.481 e. The fourth-order valence-electron chi connectivity index (χ4n) is 0.260. The van der Waals surface area contributed by atoms with Crippen molar-refractivity contribution >= 4 is 15.4 Å². The van der Waals surface area contributed by atoms with Gasteiger partial charge < -0.3 is 5.11 Å². The van der Waals surface area contributed by atoms with Crippen molar-refractivity contribution < 1.29 is 14.5 Å². The highest BCUT2D eigenvalue weighted by molar-refractivity contribution is 7.09. The van der Waals surface area contributed by atoms with Crippen LogP contribution in [0.1, 0.15) is 6.92 Å². The van der Waals surface area contributed by atoms with Crippen LogP contribution in [0.5, 0.6) is 0 Å². The van der Waals surface area contributed by atoms with E-state index in [2.05, 4.69) is 10.1 Å². The van der Waals surface area contributed by atoms with Gasteiger partial charge in [0.25, 0.3) is 0 Å². The Kier molecular flexibility index (Phi) is 4.58. The quantitative estimate of drug-likeness (QED) is 0.439. The van der Waals surface area contributed by atoms with Crippen LogP contribution in [0.15, 0.2) is 0 Å². The molecule has 0 aliphatic rings. The lowest BCUT2D eigenvalue weighted by molar-refractivity contribution is -0.141. The average molecular weight is 151 g/mol. The van der Waals surface area contributed by atoms with Crippen molar-refractivity contribution in [1.82, 2.24) is 5.48 Å². The zero-order valence-electron chi connectivity index (χ0n) is 5.13. The van der Waals surface area contributed by atoms with Crippen molar-refractivity contribution in [3.63, 3.8) is 0 Å². The molecule has 0 saturated carbocycles. The molecule has 0 aromatic rings. The average Bonchev–Trinajstić information content (AvgIpc) is 1.82. The van der Waals surface area contributed by atoms with Gasteiger partial charge in [0.2, 0.25) is 0 Å². The first-order valence-electron chi connectivity index (χ1n) is 2.50. The molecule has 0 radical (unpaired) electrons. The lowest BCUT2D eigenvalue weighted by atomic mass is 10.2. The molecule has 0 aliphatic carbocycles. The van der Waals surface area contributed by atoms with Crippen LogP contribution in [-0.2, 0) is 9.42 Å². The summed E-state index contributed by atoms with van der Waals surface area (Å²) in [5.41, 5.74) is 2.41. The molecule has 0 bridgehead atoms. The molecule has 2 atom stereocenters. The molecule has 0 rings (SSSR count). The molecule has 54 valence electrons. The van der Waals surface area contributed by atoms with Gasteiger partial charge in [0.15, 0.2) is 0 Å². The highest BCUT2D eigenvalue weighted by Gasteiger charge is 2.08. The Bertz CT molecular complexity index is 97.8. The Hall–Kier alpha value is -0.180. The van der Waals surface area contributed by atoms with Gasteiger partial charge >= 0.3 is 5.97 Å². The second-order valence-corrected chi connectivity index (χ2v) is 1.94. The zero-order valence-corrected chi connectivity index (χ0v) is 6.28. The van der Waals surface area contributed by atoms with Gasteiger partial charge in [-0.3, -0.25) is 9.42 Å². The number of carbonyl (C=O) groups is 1. The maximum absolute atomic E-state index is 10.1. The van der Waals surface area contributed by atoms with Crippen molar-refractivity contribution in [3.05, 3.63) is 0 Å². The Balaban J connectivity index is 3.27. The van der Waals surface area contributed by atoms with Crippen LogP contribution in [0.4, 0.5) is 0 Å². The Morgan fingerprint density at radius 1 is 2.00 bits per heavy atom. The Labute approximate surface area is 55.8 Å². The van der Waals surface area contributed by atoms with E-state index in [1.54, 1.807) is 6.92 Å². The summed E-state index contributed by atoms with van der Waals surface area (Å²) in [5, 5.41) is 8.31. The minimum atomic E-state index is -0.829. The van der Waals surface area contributed by atoms with E-state index in [1.807, 2.05) is 9.47 Å². The number of aliphatic carboxylic acids is 1.